The van der Waals surface area contributed by atoms with Gasteiger partial charge in [0.25, 0.3) is 0 Å². The summed E-state index contributed by atoms with van der Waals surface area (Å²) in [6.45, 7) is 2.88. The van der Waals surface area contributed by atoms with Crippen molar-refractivity contribution in [3.05, 3.63) is 101 Å². The van der Waals surface area contributed by atoms with E-state index in [1.54, 1.807) is 66.7 Å². The molecule has 0 aromatic heterocycles. The second kappa shape index (κ2) is 10.5. The monoisotopic (exact) mass is 602 g/mol. The van der Waals surface area contributed by atoms with Crippen LogP contribution in [-0.4, -0.2) is 40.3 Å². The van der Waals surface area contributed by atoms with Gasteiger partial charge < -0.3 is 5.11 Å². The Balaban J connectivity index is 1.30. The number of carbonyl (C=O) groups excluding carboxylic acids is 6. The lowest BCUT2D eigenvalue weighted by atomic mass is 9.57. The molecule has 1 saturated carbocycles. The molecule has 226 valence electrons. The molecule has 3 aromatic rings. The third-order valence-electron chi connectivity index (χ3n) is 9.98. The van der Waals surface area contributed by atoms with Gasteiger partial charge >= 0.3 is 0 Å². The SMILES string of the molecule is CC(=O)c1ccc(N2C(=O)[C@H]3[C@H](CC=C4[C@H]3C[C@H]3C(=O)N(c5ccc(C(C)=O)cc5)C(=O)[C@H]3[C@H]4c3ccccc3O)C2=O)cc1. The van der Waals surface area contributed by atoms with Crippen LogP contribution >= 0.6 is 0 Å². The van der Waals surface area contributed by atoms with Crippen LogP contribution in [0.15, 0.2) is 84.4 Å². The number of allylic oxidation sites excluding steroid dienone is 2. The van der Waals surface area contributed by atoms with Gasteiger partial charge in [0.1, 0.15) is 5.75 Å². The zero-order valence-corrected chi connectivity index (χ0v) is 24.7. The van der Waals surface area contributed by atoms with Crippen LogP contribution in [0.4, 0.5) is 11.4 Å². The van der Waals surface area contributed by atoms with Gasteiger partial charge in [0.05, 0.1) is 35.0 Å². The molecule has 0 spiro atoms. The van der Waals surface area contributed by atoms with E-state index >= 15 is 0 Å². The minimum atomic E-state index is -0.820. The first-order valence-corrected chi connectivity index (χ1v) is 15.0. The highest BCUT2D eigenvalue weighted by atomic mass is 16.3. The molecule has 2 aliphatic heterocycles. The molecule has 3 aromatic carbocycles. The number of nitrogens with zero attached hydrogens (tertiary/aromatic N) is 2. The predicted octanol–water partition coefficient (Wildman–Crippen LogP) is 4.84. The predicted molar refractivity (Wildman–Crippen MR) is 163 cm³/mol. The quantitative estimate of drug-likeness (QED) is 0.251. The summed E-state index contributed by atoms with van der Waals surface area (Å²) in [7, 11) is 0. The zero-order chi connectivity index (χ0) is 31.7. The molecule has 9 heteroatoms. The first-order chi connectivity index (χ1) is 21.6. The fourth-order valence-electron chi connectivity index (χ4n) is 7.89. The van der Waals surface area contributed by atoms with E-state index < -0.39 is 47.3 Å². The molecule has 6 atom stereocenters. The summed E-state index contributed by atoms with van der Waals surface area (Å²) in [6.07, 6.45) is 2.40. The molecule has 2 heterocycles. The van der Waals surface area contributed by atoms with Crippen LogP contribution in [0.25, 0.3) is 0 Å². The molecule has 7 rings (SSSR count). The minimum absolute atomic E-state index is 0.0181. The topological polar surface area (TPSA) is 129 Å². The average molecular weight is 603 g/mol. The highest BCUT2D eigenvalue weighted by Crippen LogP contribution is 2.59. The van der Waals surface area contributed by atoms with E-state index in [4.69, 9.17) is 0 Å². The number of Topliss-reactive ketones (excluding diaryl/α,β-unsaturated/α-hetero) is 2. The van der Waals surface area contributed by atoms with Gasteiger partial charge in [-0.15, -0.1) is 0 Å². The number of aromatic hydroxyl groups is 1. The Morgan fingerprint density at radius 2 is 1.16 bits per heavy atom. The molecule has 1 N–H and O–H groups in total. The lowest BCUT2D eigenvalue weighted by molar-refractivity contribution is -0.126. The van der Waals surface area contributed by atoms with Gasteiger partial charge in [-0.2, -0.15) is 0 Å². The highest BCUT2D eigenvalue weighted by Gasteiger charge is 2.62. The molecule has 45 heavy (non-hydrogen) atoms. The van der Waals surface area contributed by atoms with Crippen LogP contribution in [0.5, 0.6) is 5.75 Å². The molecule has 2 aliphatic carbocycles. The fourth-order valence-corrected chi connectivity index (χ4v) is 7.89. The molecule has 9 nitrogen and oxygen atoms in total. The molecule has 0 radical (unpaired) electrons. The number of hydrogen-bond donors (Lipinski definition) is 1. The van der Waals surface area contributed by atoms with E-state index in [2.05, 4.69) is 0 Å². The van der Waals surface area contributed by atoms with Crippen LogP contribution in [0.2, 0.25) is 0 Å². The van der Waals surface area contributed by atoms with Crippen molar-refractivity contribution in [1.29, 1.82) is 0 Å². The minimum Gasteiger partial charge on any atom is -0.508 e. The van der Waals surface area contributed by atoms with E-state index in [0.717, 1.165) is 10.5 Å². The van der Waals surface area contributed by atoms with Crippen molar-refractivity contribution in [2.24, 2.45) is 29.6 Å². The number of hydrogen-bond acceptors (Lipinski definition) is 7. The Labute approximate surface area is 259 Å². The second-order valence-electron chi connectivity index (χ2n) is 12.3. The standard InChI is InChI=1S/C36H30N2O7/c1-18(39)20-7-11-22(12-8-20)37-33(42)26-16-15-24-27(31(26)35(37)44)17-28-32(30(24)25-5-3-4-6-29(25)41)36(45)38(34(28)43)23-13-9-21(10-14-23)19(2)40/h3-15,26-28,30-32,41H,16-17H2,1-2H3/t26-,27+,28+,30+,31-,32+/m0/s1. The molecule has 0 unspecified atom stereocenters. The second-order valence-corrected chi connectivity index (χ2v) is 12.3. The van der Waals surface area contributed by atoms with Crippen LogP contribution in [0.3, 0.4) is 0 Å². The number of anilines is 2. The van der Waals surface area contributed by atoms with Crippen molar-refractivity contribution in [2.45, 2.75) is 32.6 Å². The van der Waals surface area contributed by atoms with Crippen LogP contribution < -0.4 is 9.80 Å². The van der Waals surface area contributed by atoms with Gasteiger partial charge in [-0.25, -0.2) is 0 Å². The lowest BCUT2D eigenvalue weighted by Crippen LogP contribution is -2.43. The molecular formula is C36H30N2O7. The van der Waals surface area contributed by atoms with Crippen LogP contribution in [0.1, 0.15) is 58.9 Å². The number of para-hydroxylation sites is 1. The van der Waals surface area contributed by atoms with Crippen molar-refractivity contribution in [2.75, 3.05) is 9.80 Å². The summed E-state index contributed by atoms with van der Waals surface area (Å²) in [5.74, 6) is -5.99. The number of benzene rings is 3. The molecule has 0 bridgehead atoms. The molecule has 4 aliphatic rings. The van der Waals surface area contributed by atoms with E-state index in [-0.39, 0.29) is 42.0 Å². The Bertz CT molecular complexity index is 1840. The van der Waals surface area contributed by atoms with E-state index in [0.29, 0.717) is 28.1 Å². The van der Waals surface area contributed by atoms with Gasteiger partial charge in [0.15, 0.2) is 11.6 Å². The van der Waals surface area contributed by atoms with Crippen LogP contribution in [0, 0.1) is 29.6 Å². The first-order valence-electron chi connectivity index (χ1n) is 15.0. The summed E-state index contributed by atoms with van der Waals surface area (Å²) in [4.78, 5) is 82.1. The third kappa shape index (κ3) is 4.29. The van der Waals surface area contributed by atoms with Crippen LogP contribution in [-0.2, 0) is 19.2 Å². The maximum absolute atomic E-state index is 14.2. The highest BCUT2D eigenvalue weighted by molar-refractivity contribution is 6.24. The first kappa shape index (κ1) is 28.6. The molecule has 3 fully saturated rings. The number of amides is 4. The number of phenols is 1. The number of phenolic OH excluding ortho intramolecular Hbond substituents is 1. The maximum atomic E-state index is 14.2. The van der Waals surface area contributed by atoms with Gasteiger partial charge in [-0.3, -0.25) is 38.6 Å². The average Bonchev–Trinajstić information content (AvgIpc) is 3.44. The summed E-state index contributed by atoms with van der Waals surface area (Å²) >= 11 is 0. The largest absolute Gasteiger partial charge is 0.508 e. The third-order valence-corrected chi connectivity index (χ3v) is 9.98. The lowest BCUT2D eigenvalue weighted by Gasteiger charge is -2.44. The molecule has 4 amide bonds. The number of rotatable bonds is 5. The number of imide groups is 2. The van der Waals surface area contributed by atoms with Gasteiger partial charge in [0, 0.05) is 22.6 Å². The summed E-state index contributed by atoms with van der Waals surface area (Å²) in [6, 6.07) is 19.4. The Hall–Kier alpha value is -5.18. The van der Waals surface area contributed by atoms with Gasteiger partial charge in [0.2, 0.25) is 23.6 Å². The van der Waals surface area contributed by atoms with E-state index in [9.17, 15) is 33.9 Å². The van der Waals surface area contributed by atoms with Crippen molar-refractivity contribution in [3.8, 4) is 5.75 Å². The maximum Gasteiger partial charge on any atom is 0.238 e. The van der Waals surface area contributed by atoms with Gasteiger partial charge in [-0.05, 0) is 87.2 Å². The van der Waals surface area contributed by atoms with E-state index in [1.807, 2.05) is 6.08 Å². The number of carbonyl (C=O) groups is 6. The Kier molecular flexibility index (Phi) is 6.65. The van der Waals surface area contributed by atoms with E-state index in [1.165, 1.54) is 24.8 Å². The number of ketones is 2. The smallest absolute Gasteiger partial charge is 0.238 e. The van der Waals surface area contributed by atoms with Crippen molar-refractivity contribution >= 4 is 46.6 Å². The Morgan fingerprint density at radius 3 is 1.69 bits per heavy atom. The van der Waals surface area contributed by atoms with Crippen molar-refractivity contribution < 1.29 is 33.9 Å². The normalized spacial score (nSPS) is 27.2. The summed E-state index contributed by atoms with van der Waals surface area (Å²) in [5, 5.41) is 11.0. The van der Waals surface area contributed by atoms with Crippen molar-refractivity contribution in [1.82, 2.24) is 0 Å². The molecular weight excluding hydrogens is 572 g/mol. The fraction of sp³-hybridized carbons (Fsp3) is 0.278. The Morgan fingerprint density at radius 1 is 0.644 bits per heavy atom. The van der Waals surface area contributed by atoms with Crippen molar-refractivity contribution in [3.63, 3.8) is 0 Å². The number of fused-ring (bicyclic) bond motifs is 4. The molecule has 2 saturated heterocycles. The van der Waals surface area contributed by atoms with Gasteiger partial charge in [-0.1, -0.05) is 29.8 Å². The summed E-state index contributed by atoms with van der Waals surface area (Å²) < 4.78 is 0. The zero-order valence-electron chi connectivity index (χ0n) is 24.7. The summed E-state index contributed by atoms with van der Waals surface area (Å²) in [5.41, 5.74) is 2.92.